The Hall–Kier alpha value is -1.99. The van der Waals surface area contributed by atoms with Gasteiger partial charge >= 0.3 is 18.2 Å². The van der Waals surface area contributed by atoms with E-state index in [-0.39, 0.29) is 13.0 Å². The van der Waals surface area contributed by atoms with Crippen molar-refractivity contribution in [3.8, 4) is 0 Å². The van der Waals surface area contributed by atoms with E-state index in [1.54, 1.807) is 41.5 Å². The van der Waals surface area contributed by atoms with Crippen molar-refractivity contribution in [2.75, 3.05) is 6.54 Å². The van der Waals surface area contributed by atoms with Gasteiger partial charge in [-0.25, -0.2) is 14.4 Å². The highest BCUT2D eigenvalue weighted by atomic mass is 16.6. The molecule has 0 aliphatic rings. The van der Waals surface area contributed by atoms with Crippen molar-refractivity contribution >= 4 is 18.2 Å². The number of carbonyl (C=O) groups is 3. The van der Waals surface area contributed by atoms with Gasteiger partial charge in [0.15, 0.2) is 0 Å². The number of ether oxygens (including phenoxy) is 2. The van der Waals surface area contributed by atoms with Crippen LogP contribution in [0.4, 0.5) is 9.59 Å². The first-order chi connectivity index (χ1) is 10.6. The summed E-state index contributed by atoms with van der Waals surface area (Å²) in [6.45, 7) is 11.9. The molecule has 2 amide bonds. The molecule has 0 heterocycles. The highest BCUT2D eigenvalue weighted by molar-refractivity contribution is 5.83. The number of alkyl carbamates (subject to hydrolysis) is 2. The molecule has 0 aliphatic carbocycles. The number of amides is 2. The molecule has 0 aromatic rings. The SMILES string of the molecule is CC(C)(C)OC(=O)NCCCC(C)(NC(=O)OC(C)(C)C)C(=O)O. The highest BCUT2D eigenvalue weighted by Crippen LogP contribution is 2.15. The summed E-state index contributed by atoms with van der Waals surface area (Å²) in [7, 11) is 0. The van der Waals surface area contributed by atoms with Gasteiger partial charge in [-0.1, -0.05) is 0 Å². The van der Waals surface area contributed by atoms with Crippen molar-refractivity contribution in [3.05, 3.63) is 0 Å². The summed E-state index contributed by atoms with van der Waals surface area (Å²) >= 11 is 0. The molecule has 0 rings (SSSR count). The molecule has 0 saturated heterocycles. The minimum atomic E-state index is -1.49. The Bertz CT molecular complexity index is 464. The number of carboxylic acids is 1. The molecule has 24 heavy (non-hydrogen) atoms. The summed E-state index contributed by atoms with van der Waals surface area (Å²) < 4.78 is 10.2. The van der Waals surface area contributed by atoms with E-state index in [1.807, 2.05) is 0 Å². The van der Waals surface area contributed by atoms with Crippen LogP contribution in [0, 0.1) is 0 Å². The lowest BCUT2D eigenvalue weighted by molar-refractivity contribution is -0.144. The lowest BCUT2D eigenvalue weighted by atomic mass is 9.96. The van der Waals surface area contributed by atoms with E-state index in [2.05, 4.69) is 10.6 Å². The third-order valence-electron chi connectivity index (χ3n) is 2.77. The molecule has 0 aromatic heterocycles. The second kappa shape index (κ2) is 8.21. The lowest BCUT2D eigenvalue weighted by Crippen LogP contribution is -2.53. The lowest BCUT2D eigenvalue weighted by Gasteiger charge is -2.28. The highest BCUT2D eigenvalue weighted by Gasteiger charge is 2.35. The molecule has 0 aliphatic heterocycles. The standard InChI is InChI=1S/C16H30N2O6/c1-14(2,3)23-12(21)17-10-8-9-16(7,11(19)20)18-13(22)24-15(4,5)6/h8-10H2,1-7H3,(H,17,21)(H,18,22)(H,19,20). The molecule has 0 radical (unpaired) electrons. The second-order valence-corrected chi connectivity index (χ2v) is 7.80. The van der Waals surface area contributed by atoms with Gasteiger partial charge in [0, 0.05) is 6.54 Å². The molecule has 1 unspecified atom stereocenters. The van der Waals surface area contributed by atoms with Crippen LogP contribution >= 0.6 is 0 Å². The third kappa shape index (κ3) is 9.91. The zero-order valence-corrected chi connectivity index (χ0v) is 15.6. The summed E-state index contributed by atoms with van der Waals surface area (Å²) in [6.07, 6.45) is -0.901. The van der Waals surface area contributed by atoms with Crippen LogP contribution in [-0.2, 0) is 14.3 Å². The van der Waals surface area contributed by atoms with Crippen LogP contribution in [0.2, 0.25) is 0 Å². The van der Waals surface area contributed by atoms with E-state index in [4.69, 9.17) is 9.47 Å². The van der Waals surface area contributed by atoms with Crippen LogP contribution < -0.4 is 10.6 Å². The van der Waals surface area contributed by atoms with E-state index >= 15 is 0 Å². The molecule has 0 fully saturated rings. The van der Waals surface area contributed by atoms with Gasteiger partial charge in [0.2, 0.25) is 0 Å². The maximum atomic E-state index is 11.8. The average Bonchev–Trinajstić information content (AvgIpc) is 2.29. The third-order valence-corrected chi connectivity index (χ3v) is 2.77. The maximum Gasteiger partial charge on any atom is 0.408 e. The van der Waals surface area contributed by atoms with E-state index in [0.29, 0.717) is 6.42 Å². The Morgan fingerprint density at radius 1 is 0.875 bits per heavy atom. The van der Waals surface area contributed by atoms with Crippen LogP contribution in [0.15, 0.2) is 0 Å². The van der Waals surface area contributed by atoms with Crippen molar-refractivity contribution in [1.29, 1.82) is 0 Å². The first-order valence-corrected chi connectivity index (χ1v) is 7.86. The van der Waals surface area contributed by atoms with Gasteiger partial charge in [0.05, 0.1) is 0 Å². The summed E-state index contributed by atoms with van der Waals surface area (Å²) in [4.78, 5) is 34.8. The normalized spacial score (nSPS) is 14.3. The monoisotopic (exact) mass is 346 g/mol. The van der Waals surface area contributed by atoms with Crippen molar-refractivity contribution in [2.24, 2.45) is 0 Å². The Balaban J connectivity index is 4.46. The number of carbonyl (C=O) groups excluding carboxylic acids is 2. The summed E-state index contributed by atoms with van der Waals surface area (Å²) in [6, 6.07) is 0. The Morgan fingerprint density at radius 2 is 1.33 bits per heavy atom. The van der Waals surface area contributed by atoms with Gasteiger partial charge in [-0.2, -0.15) is 0 Å². The zero-order valence-electron chi connectivity index (χ0n) is 15.6. The molecule has 0 bridgehead atoms. The van der Waals surface area contributed by atoms with Crippen molar-refractivity contribution in [1.82, 2.24) is 10.6 Å². The molecule has 3 N–H and O–H groups in total. The maximum absolute atomic E-state index is 11.8. The Morgan fingerprint density at radius 3 is 1.75 bits per heavy atom. The fraction of sp³-hybridized carbons (Fsp3) is 0.812. The van der Waals surface area contributed by atoms with E-state index in [0.717, 1.165) is 0 Å². The van der Waals surface area contributed by atoms with Gasteiger partial charge in [-0.15, -0.1) is 0 Å². The molecule has 140 valence electrons. The largest absolute Gasteiger partial charge is 0.480 e. The van der Waals surface area contributed by atoms with E-state index in [1.165, 1.54) is 6.92 Å². The topological polar surface area (TPSA) is 114 Å². The minimum Gasteiger partial charge on any atom is -0.480 e. The van der Waals surface area contributed by atoms with Gasteiger partial charge in [-0.05, 0) is 61.3 Å². The number of hydrogen-bond donors (Lipinski definition) is 3. The average molecular weight is 346 g/mol. The predicted octanol–water partition coefficient (Wildman–Crippen LogP) is 2.66. The molecule has 0 spiro atoms. The smallest absolute Gasteiger partial charge is 0.408 e. The molecule has 8 nitrogen and oxygen atoms in total. The predicted molar refractivity (Wildman–Crippen MR) is 88.9 cm³/mol. The van der Waals surface area contributed by atoms with Crippen LogP contribution in [-0.4, -0.2) is 46.5 Å². The summed E-state index contributed by atoms with van der Waals surface area (Å²) in [5, 5.41) is 14.3. The first-order valence-electron chi connectivity index (χ1n) is 7.86. The Labute approximate surface area is 143 Å². The minimum absolute atomic E-state index is 0.122. The Kier molecular flexibility index (Phi) is 7.53. The number of hydrogen-bond acceptors (Lipinski definition) is 5. The number of rotatable bonds is 6. The summed E-state index contributed by atoms with van der Waals surface area (Å²) in [5.41, 5.74) is -2.81. The fourth-order valence-corrected chi connectivity index (χ4v) is 1.70. The summed E-state index contributed by atoms with van der Waals surface area (Å²) in [5.74, 6) is -1.18. The molecular weight excluding hydrogens is 316 g/mol. The van der Waals surface area contributed by atoms with Gasteiger partial charge in [0.1, 0.15) is 16.7 Å². The molecular formula is C16H30N2O6. The molecule has 0 saturated carbocycles. The van der Waals surface area contributed by atoms with E-state index < -0.39 is 34.9 Å². The first kappa shape index (κ1) is 22.0. The van der Waals surface area contributed by atoms with Crippen LogP contribution in [0.1, 0.15) is 61.3 Å². The molecule has 0 aromatic carbocycles. The van der Waals surface area contributed by atoms with Gasteiger partial charge in [-0.3, -0.25) is 0 Å². The van der Waals surface area contributed by atoms with E-state index in [9.17, 15) is 19.5 Å². The number of aliphatic carboxylic acids is 1. The molecule has 1 atom stereocenters. The van der Waals surface area contributed by atoms with Crippen molar-refractivity contribution in [2.45, 2.75) is 78.0 Å². The van der Waals surface area contributed by atoms with Gasteiger partial charge in [0.25, 0.3) is 0 Å². The van der Waals surface area contributed by atoms with Crippen molar-refractivity contribution in [3.63, 3.8) is 0 Å². The second-order valence-electron chi connectivity index (χ2n) is 7.80. The zero-order chi connectivity index (χ0) is 19.2. The van der Waals surface area contributed by atoms with Crippen LogP contribution in [0.25, 0.3) is 0 Å². The van der Waals surface area contributed by atoms with Crippen LogP contribution in [0.3, 0.4) is 0 Å². The number of nitrogens with one attached hydrogen (secondary N) is 2. The van der Waals surface area contributed by atoms with Gasteiger partial charge < -0.3 is 25.2 Å². The van der Waals surface area contributed by atoms with Crippen LogP contribution in [0.5, 0.6) is 0 Å². The van der Waals surface area contributed by atoms with Crippen molar-refractivity contribution < 1.29 is 29.0 Å². The number of carboxylic acid groups (broad SMARTS) is 1. The molecule has 8 heteroatoms. The fourth-order valence-electron chi connectivity index (χ4n) is 1.70. The quantitative estimate of drug-likeness (QED) is 0.637.